The van der Waals surface area contributed by atoms with Crippen LogP contribution in [0.1, 0.15) is 41.5 Å². The highest BCUT2D eigenvalue weighted by molar-refractivity contribution is 7.89. The summed E-state index contributed by atoms with van der Waals surface area (Å²) < 4.78 is 314. The minimum absolute atomic E-state index is 1.02. The molecule has 0 N–H and O–H groups in total. The minimum Gasteiger partial charge on any atom is -0.309 e. The maximum absolute atomic E-state index is 14.5. The van der Waals surface area contributed by atoms with Crippen molar-refractivity contribution in [1.82, 2.24) is 0 Å². The summed E-state index contributed by atoms with van der Waals surface area (Å²) in [7, 11) is -12.3. The first kappa shape index (κ1) is 43.7. The van der Waals surface area contributed by atoms with Crippen LogP contribution in [0.3, 0.4) is 0 Å². The summed E-state index contributed by atoms with van der Waals surface area (Å²) in [5.74, 6) is -72.4. The molecule has 0 aliphatic rings. The number of alkyl halides is 21. The van der Waals surface area contributed by atoms with Crippen molar-refractivity contribution >= 4 is 18.4 Å². The monoisotopic (exact) mass is 756 g/mol. The smallest absolute Gasteiger partial charge is 0.309 e. The number of rotatable bonds is 14. The Labute approximate surface area is 240 Å². The average Bonchev–Trinajstić information content (AvgIpc) is 2.79. The molecule has 0 fully saturated rings. The van der Waals surface area contributed by atoms with Crippen LogP contribution in [0.15, 0.2) is 0 Å². The zero-order valence-electron chi connectivity index (χ0n) is 22.8. The van der Waals surface area contributed by atoms with Gasteiger partial charge in [-0.15, -0.1) is 0 Å². The van der Waals surface area contributed by atoms with Crippen LogP contribution in [-0.2, 0) is 14.0 Å². The van der Waals surface area contributed by atoms with E-state index in [1.165, 1.54) is 0 Å². The van der Waals surface area contributed by atoms with E-state index in [-0.39, 0.29) is 0 Å². The largest absolute Gasteiger partial charge is 0.460 e. The van der Waals surface area contributed by atoms with Crippen LogP contribution in [0, 0.1) is 0 Å². The van der Waals surface area contributed by atoms with E-state index in [0.717, 1.165) is 41.5 Å². The van der Waals surface area contributed by atoms with Gasteiger partial charge in [-0.2, -0.15) is 101 Å². The molecule has 0 aliphatic carbocycles. The molecule has 0 aromatic carbocycles. The highest BCUT2D eigenvalue weighted by Crippen LogP contribution is 2.66. The van der Waals surface area contributed by atoms with Gasteiger partial charge < -0.3 is 3.87 Å². The molecule has 45 heavy (non-hydrogen) atoms. The molecule has 0 aliphatic heterocycles. The number of hydrogen-bond donors (Lipinski definition) is 0. The summed E-state index contributed by atoms with van der Waals surface area (Å²) in [5.41, 5.74) is -3.75. The van der Waals surface area contributed by atoms with Crippen molar-refractivity contribution in [2.75, 3.05) is 0 Å². The lowest BCUT2D eigenvalue weighted by molar-refractivity contribution is -0.472. The Morgan fingerprint density at radius 2 is 0.600 bits per heavy atom. The summed E-state index contributed by atoms with van der Waals surface area (Å²) >= 11 is 0. The summed E-state index contributed by atoms with van der Waals surface area (Å²) in [6, 6.07) is 0. The van der Waals surface area contributed by atoms with E-state index in [2.05, 4.69) is 3.87 Å². The normalized spacial score (nSPS) is 16.8. The zero-order valence-corrected chi connectivity index (χ0v) is 24.6. The van der Waals surface area contributed by atoms with Crippen LogP contribution in [0.2, 0.25) is 16.6 Å². The Morgan fingerprint density at radius 1 is 0.400 bits per heavy atom. The first-order valence-corrected chi connectivity index (χ1v) is 15.0. The van der Waals surface area contributed by atoms with Crippen molar-refractivity contribution < 1.29 is 104 Å². The van der Waals surface area contributed by atoms with Crippen molar-refractivity contribution in [3.05, 3.63) is 0 Å². The fourth-order valence-corrected chi connectivity index (χ4v) is 12.9. The topological polar surface area (TPSA) is 43.4 Å². The average molecular weight is 756 g/mol. The molecule has 0 atom stereocenters. The van der Waals surface area contributed by atoms with E-state index in [4.69, 9.17) is 0 Å². The van der Waals surface area contributed by atoms with E-state index in [1.54, 1.807) is 0 Å². The van der Waals surface area contributed by atoms with Crippen LogP contribution in [-0.4, -0.2) is 75.5 Å². The molecule has 0 saturated carbocycles. The molecular formula is C19H21F21O3SSi. The highest BCUT2D eigenvalue weighted by Gasteiger charge is 2.98. The second-order valence-corrected chi connectivity index (χ2v) is 17.7. The van der Waals surface area contributed by atoms with Gasteiger partial charge in [-0.05, 0) is 16.6 Å². The molecule has 272 valence electrons. The van der Waals surface area contributed by atoms with Gasteiger partial charge >= 0.3 is 68.9 Å². The fraction of sp³-hybridized carbons (Fsp3) is 1.00. The van der Waals surface area contributed by atoms with E-state index >= 15 is 0 Å². The molecular weight excluding hydrogens is 735 g/mol. The lowest BCUT2D eigenvalue weighted by atomic mass is 9.87. The molecule has 0 heterocycles. The lowest BCUT2D eigenvalue weighted by Crippen LogP contribution is -2.77. The van der Waals surface area contributed by atoms with Gasteiger partial charge in [0.2, 0.25) is 8.32 Å². The first-order valence-electron chi connectivity index (χ1n) is 11.5. The lowest BCUT2D eigenvalue weighted by Gasteiger charge is -2.45. The number of hydrogen-bond acceptors (Lipinski definition) is 3. The molecule has 3 nitrogen and oxygen atoms in total. The second kappa shape index (κ2) is 11.4. The van der Waals surface area contributed by atoms with Crippen molar-refractivity contribution in [1.29, 1.82) is 0 Å². The van der Waals surface area contributed by atoms with Crippen molar-refractivity contribution in [3.8, 4) is 0 Å². The van der Waals surface area contributed by atoms with Gasteiger partial charge in [-0.3, -0.25) is 0 Å². The summed E-state index contributed by atoms with van der Waals surface area (Å²) in [4.78, 5) is 0. The zero-order chi connectivity index (χ0) is 37.4. The summed E-state index contributed by atoms with van der Waals surface area (Å²) in [6.07, 6.45) is -8.08. The molecule has 0 aromatic rings. The van der Waals surface area contributed by atoms with Gasteiger partial charge in [-0.1, -0.05) is 41.5 Å². The SMILES string of the molecule is CC(C)[Si](OS(=O)(=O)C(F)(F)C(F)(F)C(F)(F)C(F)(F)C(F)(F)C(F)(F)C(F)(F)C(F)(F)C(F)(F)C(F)(F)F)(C(C)C)C(C)C. The molecule has 0 unspecified atom stereocenters. The van der Waals surface area contributed by atoms with Gasteiger partial charge in [0.15, 0.2) is 0 Å². The highest BCUT2D eigenvalue weighted by atomic mass is 32.2. The molecule has 0 bridgehead atoms. The van der Waals surface area contributed by atoms with Crippen LogP contribution in [0.25, 0.3) is 0 Å². The summed E-state index contributed by atoms with van der Waals surface area (Å²) in [5, 5.41) is -7.88. The molecule has 0 radical (unpaired) electrons. The molecule has 0 spiro atoms. The van der Waals surface area contributed by atoms with Crippen LogP contribution in [0.5, 0.6) is 0 Å². The molecule has 0 amide bonds. The van der Waals surface area contributed by atoms with Crippen LogP contribution < -0.4 is 0 Å². The van der Waals surface area contributed by atoms with Crippen LogP contribution in [0.4, 0.5) is 92.2 Å². The first-order chi connectivity index (χ1) is 19.0. The van der Waals surface area contributed by atoms with Gasteiger partial charge in [0.1, 0.15) is 0 Å². The predicted octanol–water partition coefficient (Wildman–Crippen LogP) is 9.75. The predicted molar refractivity (Wildman–Crippen MR) is 112 cm³/mol. The third-order valence-corrected chi connectivity index (χ3v) is 15.1. The number of halogens is 21. The van der Waals surface area contributed by atoms with Gasteiger partial charge in [0.25, 0.3) is 0 Å². The molecule has 26 heteroatoms. The fourth-order valence-electron chi connectivity index (χ4n) is 4.23. The third-order valence-electron chi connectivity index (χ3n) is 6.76. The Hall–Kier alpha value is -1.34. The van der Waals surface area contributed by atoms with Gasteiger partial charge in [0, 0.05) is 0 Å². The van der Waals surface area contributed by atoms with E-state index in [1.807, 2.05) is 0 Å². The Morgan fingerprint density at radius 3 is 0.800 bits per heavy atom. The van der Waals surface area contributed by atoms with Gasteiger partial charge in [-0.25, -0.2) is 0 Å². The minimum atomic E-state index is -9.37. The summed E-state index contributed by atoms with van der Waals surface area (Å²) in [6.45, 7) is 6.09. The van der Waals surface area contributed by atoms with Crippen molar-refractivity contribution in [2.45, 2.75) is 117 Å². The third kappa shape index (κ3) is 5.56. The van der Waals surface area contributed by atoms with E-state index in [9.17, 15) is 101 Å². The van der Waals surface area contributed by atoms with Gasteiger partial charge in [0.05, 0.1) is 0 Å². The van der Waals surface area contributed by atoms with Crippen LogP contribution >= 0.6 is 0 Å². The second-order valence-electron chi connectivity index (χ2n) is 10.5. The Balaban J connectivity index is 7.45. The quantitative estimate of drug-likeness (QED) is 0.131. The molecule has 0 rings (SSSR count). The Bertz CT molecular complexity index is 1150. The molecule has 0 aromatic heterocycles. The van der Waals surface area contributed by atoms with Crippen molar-refractivity contribution in [2.24, 2.45) is 0 Å². The van der Waals surface area contributed by atoms with Crippen molar-refractivity contribution in [3.63, 3.8) is 0 Å². The maximum Gasteiger partial charge on any atom is 0.460 e. The molecule has 0 saturated heterocycles. The Kier molecular flexibility index (Phi) is 11.0. The van der Waals surface area contributed by atoms with E-state index in [0.29, 0.717) is 0 Å². The maximum atomic E-state index is 14.5. The standard InChI is InChI=1S/C19H21F21O3SSi/c1-7(2)45(8(3)4,9(5)6)43-44(41,42)19(39,40)17(34,35)15(30,31)13(26,27)11(22,23)10(20,21)12(24,25)14(28,29)16(32,33)18(36,37)38/h7-9H,1-6H3. The van der Waals surface area contributed by atoms with E-state index < -0.39 is 93.9 Å².